The molecule has 162 valence electrons. The highest BCUT2D eigenvalue weighted by Gasteiger charge is 2.23. The summed E-state index contributed by atoms with van der Waals surface area (Å²) >= 11 is 1.77. The molecule has 0 aliphatic heterocycles. The molecule has 3 aromatic carbocycles. The molecule has 0 saturated carbocycles. The molecule has 0 amide bonds. The first-order valence-corrected chi connectivity index (χ1v) is 11.2. The molecule has 0 unspecified atom stereocenters. The SMILES string of the molecule is CC(C)(C)c1ccc(-c2ccc(C(=O)O)c(OI)c2-c2ccc(C(C)(C)C)cc2)cc1. The lowest BCUT2D eigenvalue weighted by atomic mass is 9.84. The fourth-order valence-electron chi connectivity index (χ4n) is 3.65. The first-order valence-electron chi connectivity index (χ1n) is 10.3. The molecule has 0 heterocycles. The van der Waals surface area contributed by atoms with Crippen LogP contribution in [-0.4, -0.2) is 11.1 Å². The Morgan fingerprint density at radius 2 is 1.19 bits per heavy atom. The maximum atomic E-state index is 11.9. The van der Waals surface area contributed by atoms with Crippen molar-refractivity contribution in [2.75, 3.05) is 0 Å². The molecular formula is C27H29IO3. The fourth-order valence-corrected chi connectivity index (χ4v) is 4.10. The van der Waals surface area contributed by atoms with Gasteiger partial charge in [-0.2, -0.15) is 0 Å². The van der Waals surface area contributed by atoms with Gasteiger partial charge in [0.1, 0.15) is 5.56 Å². The van der Waals surface area contributed by atoms with Crippen LogP contribution in [0.4, 0.5) is 0 Å². The van der Waals surface area contributed by atoms with Crippen LogP contribution in [-0.2, 0) is 10.8 Å². The van der Waals surface area contributed by atoms with Gasteiger partial charge in [0.2, 0.25) is 0 Å². The Morgan fingerprint density at radius 1 is 0.742 bits per heavy atom. The predicted molar refractivity (Wildman–Crippen MR) is 136 cm³/mol. The van der Waals surface area contributed by atoms with E-state index in [2.05, 4.69) is 77.9 Å². The Hall–Kier alpha value is -2.34. The molecule has 0 spiro atoms. The van der Waals surface area contributed by atoms with Gasteiger partial charge in [-0.15, -0.1) is 0 Å². The van der Waals surface area contributed by atoms with Crippen LogP contribution >= 0.6 is 23.0 Å². The van der Waals surface area contributed by atoms with Crippen LogP contribution in [0.5, 0.6) is 5.75 Å². The summed E-state index contributed by atoms with van der Waals surface area (Å²) < 4.78 is 5.62. The van der Waals surface area contributed by atoms with E-state index < -0.39 is 5.97 Å². The van der Waals surface area contributed by atoms with Crippen LogP contribution in [0.15, 0.2) is 60.7 Å². The van der Waals surface area contributed by atoms with Gasteiger partial charge in [0.05, 0.1) is 0 Å². The van der Waals surface area contributed by atoms with Crippen LogP contribution < -0.4 is 3.07 Å². The first-order chi connectivity index (χ1) is 14.4. The van der Waals surface area contributed by atoms with E-state index in [-0.39, 0.29) is 16.4 Å². The van der Waals surface area contributed by atoms with E-state index in [0.717, 1.165) is 22.3 Å². The molecule has 3 aromatic rings. The molecule has 0 saturated heterocycles. The van der Waals surface area contributed by atoms with Gasteiger partial charge in [-0.05, 0) is 44.7 Å². The highest BCUT2D eigenvalue weighted by molar-refractivity contribution is 14.1. The largest absolute Gasteiger partial charge is 0.478 e. The van der Waals surface area contributed by atoms with E-state index in [9.17, 15) is 9.90 Å². The molecule has 0 atom stereocenters. The summed E-state index contributed by atoms with van der Waals surface area (Å²) in [5.41, 5.74) is 6.41. The van der Waals surface area contributed by atoms with E-state index in [1.807, 2.05) is 18.2 Å². The molecule has 1 N–H and O–H groups in total. The maximum absolute atomic E-state index is 11.9. The fraction of sp³-hybridized carbons (Fsp3) is 0.296. The van der Waals surface area contributed by atoms with Gasteiger partial charge in [-0.25, -0.2) is 4.79 Å². The maximum Gasteiger partial charge on any atom is 0.339 e. The van der Waals surface area contributed by atoms with Crippen molar-refractivity contribution in [3.05, 3.63) is 77.4 Å². The minimum Gasteiger partial charge on any atom is -0.478 e. The summed E-state index contributed by atoms with van der Waals surface area (Å²) in [5.74, 6) is -0.636. The number of aromatic carboxylic acids is 1. The van der Waals surface area contributed by atoms with E-state index in [4.69, 9.17) is 3.07 Å². The minimum absolute atomic E-state index is 0.0374. The first kappa shape index (κ1) is 23.3. The molecule has 31 heavy (non-hydrogen) atoms. The number of hydrogen-bond donors (Lipinski definition) is 1. The van der Waals surface area contributed by atoms with E-state index in [1.54, 1.807) is 29.1 Å². The van der Waals surface area contributed by atoms with Crippen LogP contribution in [0.3, 0.4) is 0 Å². The lowest BCUT2D eigenvalue weighted by Crippen LogP contribution is -2.10. The second kappa shape index (κ2) is 8.65. The number of carbonyl (C=O) groups is 1. The lowest BCUT2D eigenvalue weighted by Gasteiger charge is -2.21. The zero-order chi connectivity index (χ0) is 23.0. The summed E-state index contributed by atoms with van der Waals surface area (Å²) in [5, 5.41) is 9.72. The van der Waals surface area contributed by atoms with E-state index >= 15 is 0 Å². The third kappa shape index (κ3) is 4.95. The van der Waals surface area contributed by atoms with Crippen molar-refractivity contribution in [2.24, 2.45) is 0 Å². The molecule has 0 aromatic heterocycles. The van der Waals surface area contributed by atoms with Gasteiger partial charge in [-0.1, -0.05) is 96.1 Å². The van der Waals surface area contributed by atoms with Crippen molar-refractivity contribution in [3.63, 3.8) is 0 Å². The number of carboxylic acids is 1. The molecule has 0 radical (unpaired) electrons. The van der Waals surface area contributed by atoms with Crippen molar-refractivity contribution in [3.8, 4) is 28.0 Å². The van der Waals surface area contributed by atoms with Gasteiger partial charge >= 0.3 is 5.97 Å². The average molecular weight is 528 g/mol. The van der Waals surface area contributed by atoms with Crippen LogP contribution in [0.2, 0.25) is 0 Å². The van der Waals surface area contributed by atoms with Crippen molar-refractivity contribution in [2.45, 2.75) is 52.4 Å². The summed E-state index contributed by atoms with van der Waals surface area (Å²) in [7, 11) is 0. The molecule has 0 bridgehead atoms. The Balaban J connectivity index is 2.24. The lowest BCUT2D eigenvalue weighted by molar-refractivity contribution is 0.0695. The highest BCUT2D eigenvalue weighted by Crippen LogP contribution is 2.43. The van der Waals surface area contributed by atoms with Crippen molar-refractivity contribution in [1.82, 2.24) is 0 Å². The van der Waals surface area contributed by atoms with Crippen LogP contribution in [0.25, 0.3) is 22.3 Å². The van der Waals surface area contributed by atoms with Gasteiger partial charge in [0.15, 0.2) is 28.8 Å². The third-order valence-corrected chi connectivity index (χ3v) is 6.01. The zero-order valence-electron chi connectivity index (χ0n) is 18.9. The molecule has 0 aliphatic rings. The van der Waals surface area contributed by atoms with Gasteiger partial charge < -0.3 is 8.17 Å². The third-order valence-electron chi connectivity index (χ3n) is 5.57. The number of halogens is 1. The van der Waals surface area contributed by atoms with E-state index in [0.29, 0.717) is 5.75 Å². The molecule has 4 heteroatoms. The topological polar surface area (TPSA) is 46.5 Å². The van der Waals surface area contributed by atoms with Crippen LogP contribution in [0, 0.1) is 0 Å². The summed E-state index contributed by atoms with van der Waals surface area (Å²) in [6.07, 6.45) is 0. The van der Waals surface area contributed by atoms with E-state index in [1.165, 1.54) is 11.1 Å². The van der Waals surface area contributed by atoms with Crippen molar-refractivity contribution in [1.29, 1.82) is 0 Å². The smallest absolute Gasteiger partial charge is 0.339 e. The Labute approximate surface area is 199 Å². The number of rotatable bonds is 4. The summed E-state index contributed by atoms with van der Waals surface area (Å²) in [6.45, 7) is 13.1. The quantitative estimate of drug-likeness (QED) is 0.349. The predicted octanol–water partition coefficient (Wildman–Crippen LogP) is 8.04. The van der Waals surface area contributed by atoms with Gasteiger partial charge in [-0.3, -0.25) is 0 Å². The molecular weight excluding hydrogens is 499 g/mol. The Morgan fingerprint density at radius 3 is 1.58 bits per heavy atom. The molecule has 3 nitrogen and oxygen atoms in total. The average Bonchev–Trinajstić information content (AvgIpc) is 2.71. The van der Waals surface area contributed by atoms with Crippen molar-refractivity contribution < 1.29 is 13.0 Å². The second-order valence-corrected chi connectivity index (χ2v) is 10.3. The molecule has 0 aliphatic carbocycles. The Bertz CT molecular complexity index is 1080. The van der Waals surface area contributed by atoms with Crippen LogP contribution in [0.1, 0.15) is 63.0 Å². The Kier molecular flexibility index (Phi) is 6.51. The monoisotopic (exact) mass is 528 g/mol. The highest BCUT2D eigenvalue weighted by atomic mass is 127. The normalized spacial score (nSPS) is 12.0. The molecule has 0 fully saturated rings. The van der Waals surface area contributed by atoms with Gasteiger partial charge in [0, 0.05) is 5.56 Å². The summed E-state index contributed by atoms with van der Waals surface area (Å²) in [6, 6.07) is 20.3. The number of benzene rings is 3. The summed E-state index contributed by atoms with van der Waals surface area (Å²) in [4.78, 5) is 11.9. The zero-order valence-corrected chi connectivity index (χ0v) is 21.1. The standard InChI is InChI=1S/C27H29IO3/c1-26(2,3)19-11-7-17(8-12-19)21-15-16-22(25(29)30)24(31-28)23(21)18-9-13-20(14-10-18)27(4,5)6/h7-16H,1-6H3,(H,29,30). The second-order valence-electron chi connectivity index (χ2n) is 9.90. The van der Waals surface area contributed by atoms with Gasteiger partial charge in [0.25, 0.3) is 0 Å². The van der Waals surface area contributed by atoms with Crippen molar-refractivity contribution >= 4 is 29.0 Å². The number of carboxylic acid groups (broad SMARTS) is 1. The number of hydrogen-bond acceptors (Lipinski definition) is 2. The minimum atomic E-state index is -1.01. The molecule has 3 rings (SSSR count).